The van der Waals surface area contributed by atoms with Gasteiger partial charge in [-0.25, -0.2) is 9.59 Å². The zero-order valence-electron chi connectivity index (χ0n) is 27.3. The first-order valence-corrected chi connectivity index (χ1v) is 16.2. The van der Waals surface area contributed by atoms with Gasteiger partial charge >= 0.3 is 11.9 Å². The normalized spacial score (nSPS) is 14.2. The number of hydrogen-bond donors (Lipinski definition) is 0. The van der Waals surface area contributed by atoms with E-state index in [9.17, 15) is 9.59 Å². The van der Waals surface area contributed by atoms with Crippen molar-refractivity contribution in [1.82, 2.24) is 0 Å². The van der Waals surface area contributed by atoms with Gasteiger partial charge in [0.2, 0.25) is 0 Å². The molecule has 6 heteroatoms. The first kappa shape index (κ1) is 32.2. The van der Waals surface area contributed by atoms with Gasteiger partial charge in [0.05, 0.1) is 0 Å². The Morgan fingerprint density at radius 2 is 0.936 bits per heavy atom. The van der Waals surface area contributed by atoms with Crippen molar-refractivity contribution in [2.75, 3.05) is 14.2 Å². The third-order valence-electron chi connectivity index (χ3n) is 8.99. The van der Waals surface area contributed by atoms with Gasteiger partial charge in [-0.2, -0.15) is 0 Å². The average molecular weight is 629 g/mol. The molecule has 0 amide bonds. The maximum atomic E-state index is 14.0. The van der Waals surface area contributed by atoms with Crippen LogP contribution < -0.4 is 0 Å². The molecular weight excluding hydrogens is 588 g/mol. The molecule has 240 valence electrons. The fraction of sp³-hybridized carbons (Fsp3) is 0.268. The van der Waals surface area contributed by atoms with Gasteiger partial charge in [0, 0.05) is 25.3 Å². The summed E-state index contributed by atoms with van der Waals surface area (Å²) in [5, 5.41) is 7.70. The second kappa shape index (κ2) is 14.3. The third-order valence-corrected chi connectivity index (χ3v) is 8.99. The molecule has 0 saturated carbocycles. The quantitative estimate of drug-likeness (QED) is 0.0993. The number of benzene rings is 6. The Hall–Kier alpha value is -4.78. The first-order valence-electron chi connectivity index (χ1n) is 16.2. The minimum atomic E-state index is -0.982. The summed E-state index contributed by atoms with van der Waals surface area (Å²) < 4.78 is 24.0. The van der Waals surface area contributed by atoms with Crippen molar-refractivity contribution >= 4 is 55.0 Å². The summed E-state index contributed by atoms with van der Waals surface area (Å²) in [6, 6.07) is 36.0. The summed E-state index contributed by atoms with van der Waals surface area (Å²) in [5.74, 6) is -1.07. The predicted octanol–water partition coefficient (Wildman–Crippen LogP) is 9.41. The van der Waals surface area contributed by atoms with Gasteiger partial charge in [0.15, 0.2) is 12.2 Å². The third kappa shape index (κ3) is 6.44. The highest BCUT2D eigenvalue weighted by Gasteiger charge is 2.34. The van der Waals surface area contributed by atoms with E-state index >= 15 is 0 Å². The highest BCUT2D eigenvalue weighted by Crippen LogP contribution is 2.37. The number of esters is 2. The van der Waals surface area contributed by atoms with Gasteiger partial charge in [0.1, 0.15) is 12.2 Å². The van der Waals surface area contributed by atoms with Crippen molar-refractivity contribution < 1.29 is 28.5 Å². The molecule has 4 atom stereocenters. The average Bonchev–Trinajstić information content (AvgIpc) is 3.10. The largest absolute Gasteiger partial charge is 0.457 e. The van der Waals surface area contributed by atoms with E-state index < -0.39 is 36.4 Å². The molecule has 6 aromatic carbocycles. The molecule has 6 aromatic rings. The summed E-state index contributed by atoms with van der Waals surface area (Å²) in [5.41, 5.74) is 1.51. The summed E-state index contributed by atoms with van der Waals surface area (Å²) >= 11 is 0. The minimum absolute atomic E-state index is 0.526. The fourth-order valence-electron chi connectivity index (χ4n) is 6.65. The van der Waals surface area contributed by atoms with Crippen LogP contribution in [0.4, 0.5) is 0 Å². The van der Waals surface area contributed by atoms with Crippen molar-refractivity contribution in [1.29, 1.82) is 0 Å². The number of fused-ring (bicyclic) bond motifs is 4. The van der Waals surface area contributed by atoms with Crippen LogP contribution in [0.5, 0.6) is 0 Å². The molecule has 0 aromatic heterocycles. The van der Waals surface area contributed by atoms with E-state index in [2.05, 4.69) is 19.1 Å². The van der Waals surface area contributed by atoms with Crippen LogP contribution in [0, 0.1) is 0 Å². The van der Waals surface area contributed by atoms with Crippen molar-refractivity contribution in [2.24, 2.45) is 0 Å². The lowest BCUT2D eigenvalue weighted by molar-refractivity contribution is -0.179. The molecule has 0 saturated heterocycles. The number of methoxy groups -OCH3 is 2. The lowest BCUT2D eigenvalue weighted by Crippen LogP contribution is -2.36. The number of ether oxygens (including phenoxy) is 4. The van der Waals surface area contributed by atoms with Crippen LogP contribution in [-0.2, 0) is 28.5 Å². The molecule has 0 fully saturated rings. The van der Waals surface area contributed by atoms with Crippen LogP contribution in [-0.4, -0.2) is 38.4 Å². The standard InChI is InChI=1S/C41H40O6/c1-5-6-23-35(47-41(43)39(45-4)37-33-21-13-9-17-29(33)25-30-18-10-14-22-34(30)37)26(2)46-40(42)38(44-3)36-31-19-11-7-15-27(31)24-28-16-8-12-20-32(28)36/h7-22,24-26,35,38-39H,5-6,23H2,1-4H3/t26-,35-,38-,39-/m1/s1. The van der Waals surface area contributed by atoms with Gasteiger partial charge in [-0.1, -0.05) is 110 Å². The van der Waals surface area contributed by atoms with Crippen LogP contribution in [0.25, 0.3) is 43.1 Å². The molecule has 0 heterocycles. The van der Waals surface area contributed by atoms with Gasteiger partial charge < -0.3 is 18.9 Å². The highest BCUT2D eigenvalue weighted by molar-refractivity contribution is 6.06. The Labute approximate surface area is 275 Å². The Morgan fingerprint density at radius 3 is 1.30 bits per heavy atom. The second-order valence-corrected chi connectivity index (χ2v) is 12.0. The summed E-state index contributed by atoms with van der Waals surface area (Å²) in [6.45, 7) is 3.84. The number of carbonyl (C=O) groups excluding carboxylic acids is 2. The number of hydrogen-bond acceptors (Lipinski definition) is 6. The molecule has 0 bridgehead atoms. The Kier molecular flexibility index (Phi) is 9.81. The number of rotatable bonds is 12. The Balaban J connectivity index is 1.30. The topological polar surface area (TPSA) is 71.1 Å². The summed E-state index contributed by atoms with van der Waals surface area (Å²) in [6.07, 6.45) is -1.18. The zero-order valence-corrected chi connectivity index (χ0v) is 27.3. The number of unbranched alkanes of at least 4 members (excludes halogenated alkanes) is 1. The van der Waals surface area contributed by atoms with Crippen LogP contribution in [0.15, 0.2) is 109 Å². The molecule has 6 nitrogen and oxygen atoms in total. The fourth-order valence-corrected chi connectivity index (χ4v) is 6.65. The molecule has 0 aliphatic rings. The van der Waals surface area contributed by atoms with Gasteiger partial charge in [-0.15, -0.1) is 0 Å². The van der Waals surface area contributed by atoms with Crippen molar-refractivity contribution in [2.45, 2.75) is 57.5 Å². The van der Waals surface area contributed by atoms with E-state index in [4.69, 9.17) is 18.9 Å². The highest BCUT2D eigenvalue weighted by atomic mass is 16.6. The molecule has 0 aliphatic heterocycles. The molecule has 6 rings (SSSR count). The van der Waals surface area contributed by atoms with Gasteiger partial charge in [-0.3, -0.25) is 0 Å². The monoisotopic (exact) mass is 628 g/mol. The van der Waals surface area contributed by atoms with Crippen molar-refractivity contribution in [3.05, 3.63) is 120 Å². The molecule has 0 unspecified atom stereocenters. The van der Waals surface area contributed by atoms with E-state index in [1.54, 1.807) is 6.92 Å². The van der Waals surface area contributed by atoms with E-state index in [0.717, 1.165) is 67.1 Å². The molecule has 47 heavy (non-hydrogen) atoms. The van der Waals surface area contributed by atoms with Crippen LogP contribution >= 0.6 is 0 Å². The second-order valence-electron chi connectivity index (χ2n) is 12.0. The molecule has 0 N–H and O–H groups in total. The molecule has 0 aliphatic carbocycles. The Bertz CT molecular complexity index is 1940. The predicted molar refractivity (Wildman–Crippen MR) is 187 cm³/mol. The van der Waals surface area contributed by atoms with E-state index in [0.29, 0.717) is 6.42 Å². The lowest BCUT2D eigenvalue weighted by Gasteiger charge is -2.28. The van der Waals surface area contributed by atoms with E-state index in [1.807, 2.05) is 97.1 Å². The summed E-state index contributed by atoms with van der Waals surface area (Å²) in [4.78, 5) is 27.9. The minimum Gasteiger partial charge on any atom is -0.457 e. The first-order chi connectivity index (χ1) is 22.9. The van der Waals surface area contributed by atoms with E-state index in [-0.39, 0.29) is 0 Å². The lowest BCUT2D eigenvalue weighted by atomic mass is 9.93. The van der Waals surface area contributed by atoms with Gasteiger partial charge in [0.25, 0.3) is 0 Å². The maximum Gasteiger partial charge on any atom is 0.340 e. The SMILES string of the molecule is CCCC[C@@H](OC(=O)[C@H](OC)c1c2ccccc2cc2ccccc12)[C@@H](C)OC(=O)[C@H](OC)c1c2ccccc2cc2ccccc12. The molecule has 0 spiro atoms. The Morgan fingerprint density at radius 1 is 0.574 bits per heavy atom. The van der Waals surface area contributed by atoms with E-state index in [1.165, 1.54) is 14.2 Å². The zero-order chi connectivity index (χ0) is 32.9. The summed E-state index contributed by atoms with van der Waals surface area (Å²) in [7, 11) is 3.03. The maximum absolute atomic E-state index is 14.0. The van der Waals surface area contributed by atoms with Gasteiger partial charge in [-0.05, 0) is 75.0 Å². The molecule has 0 radical (unpaired) electrons. The van der Waals surface area contributed by atoms with Crippen LogP contribution in [0.2, 0.25) is 0 Å². The van der Waals surface area contributed by atoms with Crippen LogP contribution in [0.1, 0.15) is 56.4 Å². The molecular formula is C41H40O6. The van der Waals surface area contributed by atoms with Crippen LogP contribution in [0.3, 0.4) is 0 Å². The number of carbonyl (C=O) groups is 2. The van der Waals surface area contributed by atoms with Crippen molar-refractivity contribution in [3.63, 3.8) is 0 Å². The smallest absolute Gasteiger partial charge is 0.340 e. The van der Waals surface area contributed by atoms with Crippen molar-refractivity contribution in [3.8, 4) is 0 Å².